The molecule has 0 bridgehead atoms. The van der Waals surface area contributed by atoms with Crippen molar-refractivity contribution >= 4 is 11.9 Å². The first-order chi connectivity index (χ1) is 13.0. The van der Waals surface area contributed by atoms with E-state index in [2.05, 4.69) is 9.78 Å². The van der Waals surface area contributed by atoms with E-state index in [1.54, 1.807) is 6.07 Å². The Morgan fingerprint density at radius 3 is 2.43 bits per heavy atom. The van der Waals surface area contributed by atoms with Crippen LogP contribution in [0.1, 0.15) is 16.8 Å². The fourth-order valence-corrected chi connectivity index (χ4v) is 2.59. The molecular weight excluding hydrogens is 372 g/mol. The van der Waals surface area contributed by atoms with E-state index in [1.807, 2.05) is 21.1 Å². The van der Waals surface area contributed by atoms with Crippen molar-refractivity contribution < 1.29 is 37.7 Å². The molecule has 0 aliphatic heterocycles. The molecule has 2 aromatic rings. The number of aliphatic hydroxyl groups excluding tert-OH is 1. The van der Waals surface area contributed by atoms with Gasteiger partial charge in [-0.3, -0.25) is 0 Å². The zero-order valence-electron chi connectivity index (χ0n) is 15.8. The average molecular weight is 394 g/mol. The Labute approximate surface area is 161 Å². The van der Waals surface area contributed by atoms with E-state index in [1.165, 1.54) is 24.3 Å². The predicted molar refractivity (Wildman–Crippen MR) is 96.8 cm³/mol. The second kappa shape index (κ2) is 8.90. The Balaban J connectivity index is 1.99. The highest BCUT2D eigenvalue weighted by Gasteiger charge is 2.21. The third-order valence-corrected chi connectivity index (χ3v) is 3.71. The normalized spacial score (nSPS) is 12.4. The van der Waals surface area contributed by atoms with Gasteiger partial charge in [-0.05, 0) is 29.8 Å². The SMILES string of the molecule is C[N+](C)(C)CC(O)CC(=O)OOC(=O)c1cccc(-c2ccc(F)cc2F)c1. The van der Waals surface area contributed by atoms with Gasteiger partial charge >= 0.3 is 11.9 Å². The zero-order chi connectivity index (χ0) is 20.9. The van der Waals surface area contributed by atoms with E-state index in [4.69, 9.17) is 0 Å². The highest BCUT2D eigenvalue weighted by atomic mass is 19.1. The number of quaternary nitrogens is 1. The van der Waals surface area contributed by atoms with Crippen LogP contribution in [-0.2, 0) is 14.6 Å². The summed E-state index contributed by atoms with van der Waals surface area (Å²) in [6.45, 7) is 0.314. The van der Waals surface area contributed by atoms with Crippen LogP contribution in [-0.4, -0.2) is 55.3 Å². The van der Waals surface area contributed by atoms with Crippen LogP contribution in [0.3, 0.4) is 0 Å². The smallest absolute Gasteiger partial charge is 0.386 e. The number of carbonyl (C=O) groups is 2. The molecule has 0 aliphatic rings. The van der Waals surface area contributed by atoms with Crippen LogP contribution in [0.5, 0.6) is 0 Å². The van der Waals surface area contributed by atoms with Gasteiger partial charge in [0.15, 0.2) is 0 Å². The lowest BCUT2D eigenvalue weighted by atomic mass is 10.0. The summed E-state index contributed by atoms with van der Waals surface area (Å²) in [5, 5.41) is 9.83. The van der Waals surface area contributed by atoms with Gasteiger partial charge < -0.3 is 9.59 Å². The molecule has 1 atom stereocenters. The molecule has 0 heterocycles. The van der Waals surface area contributed by atoms with Crippen LogP contribution in [0.15, 0.2) is 42.5 Å². The van der Waals surface area contributed by atoms with Crippen molar-refractivity contribution in [3.05, 3.63) is 59.7 Å². The number of benzene rings is 2. The van der Waals surface area contributed by atoms with Crippen LogP contribution >= 0.6 is 0 Å². The van der Waals surface area contributed by atoms with Gasteiger partial charge in [-0.15, -0.1) is 0 Å². The molecule has 0 amide bonds. The molecule has 0 fully saturated rings. The number of halogens is 2. The molecule has 2 aromatic carbocycles. The lowest BCUT2D eigenvalue weighted by Crippen LogP contribution is -2.42. The van der Waals surface area contributed by atoms with Crippen molar-refractivity contribution in [1.29, 1.82) is 0 Å². The Kier molecular flexibility index (Phi) is 6.82. The third-order valence-electron chi connectivity index (χ3n) is 3.71. The van der Waals surface area contributed by atoms with Crippen molar-refractivity contribution in [2.45, 2.75) is 12.5 Å². The highest BCUT2D eigenvalue weighted by molar-refractivity contribution is 5.91. The Morgan fingerprint density at radius 2 is 1.79 bits per heavy atom. The standard InChI is InChI=1S/C20H22F2NO5/c1-23(2,3)12-16(24)11-19(25)27-28-20(26)14-6-4-5-13(9-14)17-8-7-15(21)10-18(17)22/h4-10,16,24H,11-12H2,1-3H3/q+1. The lowest BCUT2D eigenvalue weighted by Gasteiger charge is -2.26. The Hall–Kier alpha value is -2.84. The lowest BCUT2D eigenvalue weighted by molar-refractivity contribution is -0.873. The molecule has 0 radical (unpaired) electrons. The minimum Gasteiger partial charge on any atom is -0.387 e. The minimum absolute atomic E-state index is 0.0148. The van der Waals surface area contributed by atoms with Crippen LogP contribution in [0.2, 0.25) is 0 Å². The number of hydrogen-bond acceptors (Lipinski definition) is 5. The molecule has 0 spiro atoms. The molecule has 6 nitrogen and oxygen atoms in total. The molecule has 8 heteroatoms. The number of hydrogen-bond donors (Lipinski definition) is 1. The summed E-state index contributed by atoms with van der Waals surface area (Å²) >= 11 is 0. The first kappa shape index (κ1) is 21.5. The molecule has 2 rings (SSSR count). The fraction of sp³-hybridized carbons (Fsp3) is 0.300. The first-order valence-corrected chi connectivity index (χ1v) is 8.51. The van der Waals surface area contributed by atoms with E-state index in [-0.39, 0.29) is 17.5 Å². The fourth-order valence-electron chi connectivity index (χ4n) is 2.59. The summed E-state index contributed by atoms with van der Waals surface area (Å²) in [7, 11) is 5.56. The van der Waals surface area contributed by atoms with Gasteiger partial charge in [0.05, 0.1) is 33.1 Å². The second-order valence-corrected chi connectivity index (χ2v) is 7.36. The first-order valence-electron chi connectivity index (χ1n) is 8.51. The van der Waals surface area contributed by atoms with Crippen LogP contribution < -0.4 is 0 Å². The maximum Gasteiger partial charge on any atom is 0.386 e. The molecule has 0 saturated carbocycles. The van der Waals surface area contributed by atoms with Crippen molar-refractivity contribution in [1.82, 2.24) is 0 Å². The summed E-state index contributed by atoms with van der Waals surface area (Å²) in [6.07, 6.45) is -1.28. The number of aliphatic hydroxyl groups is 1. The number of rotatable bonds is 6. The topological polar surface area (TPSA) is 72.8 Å². The number of likely N-dealkylation sites (N-methyl/N-ethyl adjacent to an activating group) is 1. The predicted octanol–water partition coefficient (Wildman–Crippen LogP) is 2.70. The largest absolute Gasteiger partial charge is 0.387 e. The maximum atomic E-state index is 13.9. The molecule has 1 unspecified atom stereocenters. The van der Waals surface area contributed by atoms with Gasteiger partial charge in [-0.2, -0.15) is 0 Å². The van der Waals surface area contributed by atoms with E-state index in [0.29, 0.717) is 16.6 Å². The van der Waals surface area contributed by atoms with Gasteiger partial charge in [0.25, 0.3) is 0 Å². The molecule has 0 saturated heterocycles. The molecule has 1 N–H and O–H groups in total. The van der Waals surface area contributed by atoms with Gasteiger partial charge in [-0.25, -0.2) is 28.1 Å². The van der Waals surface area contributed by atoms with Gasteiger partial charge in [0.2, 0.25) is 0 Å². The summed E-state index contributed by atoms with van der Waals surface area (Å²) in [4.78, 5) is 32.7. The van der Waals surface area contributed by atoms with Crippen molar-refractivity contribution in [3.8, 4) is 11.1 Å². The third kappa shape index (κ3) is 6.40. The van der Waals surface area contributed by atoms with Crippen LogP contribution in [0.4, 0.5) is 8.78 Å². The van der Waals surface area contributed by atoms with Crippen LogP contribution in [0.25, 0.3) is 11.1 Å². The van der Waals surface area contributed by atoms with Gasteiger partial charge in [0.1, 0.15) is 24.3 Å². The monoisotopic (exact) mass is 394 g/mol. The molecule has 0 aromatic heterocycles. The average Bonchev–Trinajstić information content (AvgIpc) is 2.58. The molecule has 150 valence electrons. The Bertz CT molecular complexity index is 864. The summed E-state index contributed by atoms with van der Waals surface area (Å²) in [5.41, 5.74) is 0.453. The zero-order valence-corrected chi connectivity index (χ0v) is 15.8. The number of nitrogens with zero attached hydrogens (tertiary/aromatic N) is 1. The van der Waals surface area contributed by atoms with Gasteiger partial charge in [0, 0.05) is 11.6 Å². The Morgan fingerprint density at radius 1 is 1.07 bits per heavy atom. The molecular formula is C20H22F2NO5+. The minimum atomic E-state index is -0.959. The van der Waals surface area contributed by atoms with E-state index in [0.717, 1.165) is 12.1 Å². The summed E-state index contributed by atoms with van der Waals surface area (Å²) in [6, 6.07) is 8.86. The van der Waals surface area contributed by atoms with Crippen molar-refractivity contribution in [2.75, 3.05) is 27.7 Å². The summed E-state index contributed by atoms with van der Waals surface area (Å²) in [5.74, 6) is -3.34. The van der Waals surface area contributed by atoms with E-state index < -0.39 is 29.7 Å². The highest BCUT2D eigenvalue weighted by Crippen LogP contribution is 2.24. The van der Waals surface area contributed by atoms with E-state index in [9.17, 15) is 23.5 Å². The molecule has 28 heavy (non-hydrogen) atoms. The van der Waals surface area contributed by atoms with Crippen molar-refractivity contribution in [2.24, 2.45) is 0 Å². The van der Waals surface area contributed by atoms with E-state index >= 15 is 0 Å². The second-order valence-electron chi connectivity index (χ2n) is 7.36. The molecule has 0 aliphatic carbocycles. The quantitative estimate of drug-likeness (QED) is 0.463. The number of carbonyl (C=O) groups excluding carboxylic acids is 2. The van der Waals surface area contributed by atoms with Crippen molar-refractivity contribution in [3.63, 3.8) is 0 Å². The van der Waals surface area contributed by atoms with Gasteiger partial charge in [-0.1, -0.05) is 12.1 Å². The van der Waals surface area contributed by atoms with Crippen LogP contribution in [0, 0.1) is 11.6 Å². The summed E-state index contributed by atoms with van der Waals surface area (Å²) < 4.78 is 27.4. The maximum absolute atomic E-state index is 13.9.